The number of aliphatic hydroxyl groups is 1. The van der Waals surface area contributed by atoms with E-state index in [1.165, 1.54) is 16.0 Å². The summed E-state index contributed by atoms with van der Waals surface area (Å²) in [5.41, 5.74) is 4.25. The highest BCUT2D eigenvalue weighted by Gasteiger charge is 2.63. The number of aliphatic hydroxyl groups excluding tert-OH is 1. The Bertz CT molecular complexity index is 928. The molecule has 2 aromatic rings. The summed E-state index contributed by atoms with van der Waals surface area (Å²) in [6.45, 7) is 8.74. The van der Waals surface area contributed by atoms with Gasteiger partial charge in [0.05, 0.1) is 16.0 Å². The SMILES string of the molecule is Cc1sc(C(=O)CCc2ccc(OCC(C)O)c(Cl)c2)c2c1[C@H]1[C@@H](C2)C1(C)C. The number of hydrogen-bond donors (Lipinski definition) is 1. The van der Waals surface area contributed by atoms with Crippen molar-refractivity contribution < 1.29 is 14.6 Å². The maximum Gasteiger partial charge on any atom is 0.173 e. The van der Waals surface area contributed by atoms with E-state index in [4.69, 9.17) is 16.3 Å². The maximum absolute atomic E-state index is 12.9. The molecule has 2 aliphatic rings. The Balaban J connectivity index is 1.42. The highest BCUT2D eigenvalue weighted by molar-refractivity contribution is 7.14. The summed E-state index contributed by atoms with van der Waals surface area (Å²) in [5, 5.41) is 9.84. The fourth-order valence-electron chi connectivity index (χ4n) is 4.76. The van der Waals surface area contributed by atoms with Gasteiger partial charge in [0, 0.05) is 11.3 Å². The molecule has 0 amide bonds. The van der Waals surface area contributed by atoms with Crippen LogP contribution in [-0.2, 0) is 12.8 Å². The molecule has 0 bridgehead atoms. The molecular formula is C23H27ClO3S. The molecule has 1 saturated carbocycles. The Morgan fingerprint density at radius 2 is 2.18 bits per heavy atom. The van der Waals surface area contributed by atoms with Crippen molar-refractivity contribution in [3.8, 4) is 5.75 Å². The minimum absolute atomic E-state index is 0.208. The number of aryl methyl sites for hydroxylation is 2. The predicted octanol–water partition coefficient (Wildman–Crippen LogP) is 5.58. The Hall–Kier alpha value is -1.36. The summed E-state index contributed by atoms with van der Waals surface area (Å²) in [6.07, 6.45) is 1.69. The molecule has 0 radical (unpaired) electrons. The van der Waals surface area contributed by atoms with Gasteiger partial charge in [0.2, 0.25) is 0 Å². The van der Waals surface area contributed by atoms with E-state index in [9.17, 15) is 9.90 Å². The fourth-order valence-corrected chi connectivity index (χ4v) is 6.21. The number of thiophene rings is 1. The first-order chi connectivity index (χ1) is 13.2. The van der Waals surface area contributed by atoms with Gasteiger partial charge in [-0.15, -0.1) is 11.3 Å². The standard InChI is InChI=1S/C23H27ClO3S/c1-12(25)11-27-19-8-6-14(9-17(19)24)5-7-18(26)22-15-10-16-21(23(16,3)4)20(15)13(2)28-22/h6,8-9,12,16,21,25H,5,7,10-11H2,1-4H3/t12?,16-,21-/m1/s1. The van der Waals surface area contributed by atoms with Crippen LogP contribution in [0.3, 0.4) is 0 Å². The van der Waals surface area contributed by atoms with E-state index in [0.29, 0.717) is 34.9 Å². The molecule has 1 N–H and O–H groups in total. The van der Waals surface area contributed by atoms with E-state index >= 15 is 0 Å². The first-order valence-corrected chi connectivity index (χ1v) is 11.1. The molecule has 1 unspecified atom stereocenters. The molecule has 2 aliphatic carbocycles. The second-order valence-electron chi connectivity index (χ2n) is 8.84. The van der Waals surface area contributed by atoms with Crippen LogP contribution in [0.4, 0.5) is 0 Å². The van der Waals surface area contributed by atoms with Crippen LogP contribution in [0, 0.1) is 18.3 Å². The number of Topliss-reactive ketones (excluding diaryl/α,β-unsaturated/α-hetero) is 1. The molecule has 1 aromatic heterocycles. The Kier molecular flexibility index (Phi) is 5.09. The molecule has 0 aliphatic heterocycles. The van der Waals surface area contributed by atoms with Gasteiger partial charge in [-0.2, -0.15) is 0 Å². The normalized spacial score (nSPS) is 22.5. The van der Waals surface area contributed by atoms with Crippen LogP contribution in [0.25, 0.3) is 0 Å². The van der Waals surface area contributed by atoms with Crippen molar-refractivity contribution in [1.82, 2.24) is 0 Å². The van der Waals surface area contributed by atoms with Crippen LogP contribution < -0.4 is 4.74 Å². The lowest BCUT2D eigenvalue weighted by atomic mass is 9.94. The number of fused-ring (bicyclic) bond motifs is 3. The molecule has 1 aromatic carbocycles. The van der Waals surface area contributed by atoms with Crippen LogP contribution >= 0.6 is 22.9 Å². The third kappa shape index (κ3) is 3.40. The average Bonchev–Trinajstić information content (AvgIpc) is 2.95. The highest BCUT2D eigenvalue weighted by atomic mass is 35.5. The van der Waals surface area contributed by atoms with Gasteiger partial charge in [0.15, 0.2) is 5.78 Å². The van der Waals surface area contributed by atoms with Crippen LogP contribution in [-0.4, -0.2) is 23.6 Å². The number of halogens is 1. The van der Waals surface area contributed by atoms with Crippen molar-refractivity contribution in [3.05, 3.63) is 49.7 Å². The molecule has 0 spiro atoms. The molecular weight excluding hydrogens is 392 g/mol. The van der Waals surface area contributed by atoms with E-state index in [1.807, 2.05) is 18.2 Å². The monoisotopic (exact) mass is 418 g/mol. The number of carbonyl (C=O) groups is 1. The first kappa shape index (κ1) is 19.9. The molecule has 5 heteroatoms. The lowest BCUT2D eigenvalue weighted by Gasteiger charge is -2.11. The lowest BCUT2D eigenvalue weighted by Crippen LogP contribution is -2.13. The fraction of sp³-hybridized carbons (Fsp3) is 0.522. The zero-order valence-corrected chi connectivity index (χ0v) is 18.4. The smallest absolute Gasteiger partial charge is 0.173 e. The zero-order valence-electron chi connectivity index (χ0n) is 16.8. The number of rotatable bonds is 7. The Morgan fingerprint density at radius 1 is 1.43 bits per heavy atom. The van der Waals surface area contributed by atoms with Crippen LogP contribution in [0.1, 0.15) is 64.3 Å². The summed E-state index contributed by atoms with van der Waals surface area (Å²) < 4.78 is 5.48. The number of carbonyl (C=O) groups excluding carboxylic acids is 1. The lowest BCUT2D eigenvalue weighted by molar-refractivity contribution is 0.0985. The first-order valence-electron chi connectivity index (χ1n) is 9.94. The van der Waals surface area contributed by atoms with Crippen LogP contribution in [0.2, 0.25) is 5.02 Å². The molecule has 4 rings (SSSR count). The van der Waals surface area contributed by atoms with Crippen molar-refractivity contribution in [2.45, 2.75) is 59.0 Å². The molecule has 3 nitrogen and oxygen atoms in total. The van der Waals surface area contributed by atoms with Gasteiger partial charge in [-0.05, 0) is 72.8 Å². The van der Waals surface area contributed by atoms with Crippen molar-refractivity contribution in [2.75, 3.05) is 6.61 Å². The molecule has 1 heterocycles. The third-order valence-electron chi connectivity index (χ3n) is 6.39. The van der Waals surface area contributed by atoms with Crippen molar-refractivity contribution >= 4 is 28.7 Å². The molecule has 28 heavy (non-hydrogen) atoms. The molecule has 0 saturated heterocycles. The number of ether oxygens (including phenoxy) is 1. The minimum atomic E-state index is -0.541. The Morgan fingerprint density at radius 3 is 2.86 bits per heavy atom. The summed E-state index contributed by atoms with van der Waals surface area (Å²) >= 11 is 7.97. The van der Waals surface area contributed by atoms with Crippen molar-refractivity contribution in [2.24, 2.45) is 11.3 Å². The van der Waals surface area contributed by atoms with E-state index in [0.717, 1.165) is 22.8 Å². The summed E-state index contributed by atoms with van der Waals surface area (Å²) in [7, 11) is 0. The minimum Gasteiger partial charge on any atom is -0.489 e. The van der Waals surface area contributed by atoms with Gasteiger partial charge < -0.3 is 9.84 Å². The summed E-state index contributed by atoms with van der Waals surface area (Å²) in [6, 6.07) is 5.61. The van der Waals surface area contributed by atoms with Gasteiger partial charge in [0.1, 0.15) is 12.4 Å². The van der Waals surface area contributed by atoms with Crippen LogP contribution in [0.5, 0.6) is 5.75 Å². The van der Waals surface area contributed by atoms with Crippen LogP contribution in [0.15, 0.2) is 18.2 Å². The summed E-state index contributed by atoms with van der Waals surface area (Å²) in [5.74, 6) is 2.20. The number of hydrogen-bond acceptors (Lipinski definition) is 4. The van der Waals surface area contributed by atoms with E-state index < -0.39 is 6.10 Å². The van der Waals surface area contributed by atoms with Gasteiger partial charge in [-0.1, -0.05) is 31.5 Å². The van der Waals surface area contributed by atoms with Gasteiger partial charge in [-0.25, -0.2) is 0 Å². The largest absolute Gasteiger partial charge is 0.489 e. The topological polar surface area (TPSA) is 46.5 Å². The third-order valence-corrected chi connectivity index (χ3v) is 7.89. The summed E-state index contributed by atoms with van der Waals surface area (Å²) in [4.78, 5) is 15.2. The average molecular weight is 419 g/mol. The highest BCUT2D eigenvalue weighted by Crippen LogP contribution is 2.71. The molecule has 3 atom stereocenters. The molecule has 150 valence electrons. The van der Waals surface area contributed by atoms with Gasteiger partial charge in [0.25, 0.3) is 0 Å². The second kappa shape index (κ2) is 7.16. The predicted molar refractivity (Wildman–Crippen MR) is 114 cm³/mol. The van der Waals surface area contributed by atoms with Crippen molar-refractivity contribution in [3.63, 3.8) is 0 Å². The van der Waals surface area contributed by atoms with E-state index in [-0.39, 0.29) is 12.4 Å². The van der Waals surface area contributed by atoms with Crippen molar-refractivity contribution in [1.29, 1.82) is 0 Å². The van der Waals surface area contributed by atoms with Gasteiger partial charge in [-0.3, -0.25) is 4.79 Å². The molecule has 1 fully saturated rings. The zero-order chi connectivity index (χ0) is 20.2. The number of ketones is 1. The van der Waals surface area contributed by atoms with E-state index in [2.05, 4.69) is 20.8 Å². The quantitative estimate of drug-likeness (QED) is 0.597. The van der Waals surface area contributed by atoms with Gasteiger partial charge >= 0.3 is 0 Å². The Labute approximate surface area is 175 Å². The number of benzene rings is 1. The maximum atomic E-state index is 12.9. The van der Waals surface area contributed by atoms with E-state index in [1.54, 1.807) is 18.3 Å². The second-order valence-corrected chi connectivity index (χ2v) is 10.5.